The lowest BCUT2D eigenvalue weighted by Gasteiger charge is -2.29. The summed E-state index contributed by atoms with van der Waals surface area (Å²) in [5.74, 6) is -2.26. The molecule has 0 aromatic heterocycles. The Balaban J connectivity index is 1.99. The van der Waals surface area contributed by atoms with Crippen LogP contribution in [0, 0.1) is 0 Å². The molecule has 180 valence electrons. The standard InChI is InChI=1S/C22H28Cl2N4O5/c1-2-6-14-22(33)28-10-13(23)18(24)19(28)21(32)27-16(11-29)20(31)26-15(9-17(30)25-14)12-7-4-3-5-8-12/h3-5,7-8,13-16,18-19,29H,2,6,9-11H2,1H3,(H,25,30)(H,26,31)(H,27,32)/t13-,14+,15-,16+,18-,19+/m1/s1. The van der Waals surface area contributed by atoms with Gasteiger partial charge in [-0.05, 0) is 12.0 Å². The summed E-state index contributed by atoms with van der Waals surface area (Å²) in [6.07, 6.45) is 0.841. The molecule has 2 aliphatic heterocycles. The minimum absolute atomic E-state index is 0.0192. The lowest BCUT2D eigenvalue weighted by molar-refractivity contribution is -0.142. The van der Waals surface area contributed by atoms with Crippen LogP contribution in [0.25, 0.3) is 0 Å². The van der Waals surface area contributed by atoms with Crippen LogP contribution in [0.5, 0.6) is 0 Å². The lowest BCUT2D eigenvalue weighted by atomic mass is 10.0. The molecule has 4 N–H and O–H groups in total. The third-order valence-corrected chi connectivity index (χ3v) is 6.92. The summed E-state index contributed by atoms with van der Waals surface area (Å²) in [5, 5.41) is 16.1. The number of aliphatic hydroxyl groups excluding tert-OH is 1. The van der Waals surface area contributed by atoms with E-state index in [0.29, 0.717) is 18.4 Å². The van der Waals surface area contributed by atoms with Crippen LogP contribution in [0.4, 0.5) is 0 Å². The van der Waals surface area contributed by atoms with Gasteiger partial charge in [0.15, 0.2) is 0 Å². The Morgan fingerprint density at radius 1 is 1.00 bits per heavy atom. The van der Waals surface area contributed by atoms with Crippen LogP contribution in [0.2, 0.25) is 0 Å². The third kappa shape index (κ3) is 5.77. The van der Waals surface area contributed by atoms with E-state index < -0.39 is 65.2 Å². The van der Waals surface area contributed by atoms with Crippen molar-refractivity contribution < 1.29 is 24.3 Å². The zero-order chi connectivity index (χ0) is 24.1. The minimum Gasteiger partial charge on any atom is -0.394 e. The van der Waals surface area contributed by atoms with E-state index in [1.165, 1.54) is 4.90 Å². The summed E-state index contributed by atoms with van der Waals surface area (Å²) in [6, 6.07) is 4.82. The number of fused-ring (bicyclic) bond motifs is 1. The molecule has 0 radical (unpaired) electrons. The maximum absolute atomic E-state index is 13.3. The largest absolute Gasteiger partial charge is 0.394 e. The molecule has 6 atom stereocenters. The van der Waals surface area contributed by atoms with Gasteiger partial charge in [-0.1, -0.05) is 43.7 Å². The van der Waals surface area contributed by atoms with Gasteiger partial charge >= 0.3 is 0 Å². The highest BCUT2D eigenvalue weighted by atomic mass is 35.5. The van der Waals surface area contributed by atoms with E-state index in [2.05, 4.69) is 16.0 Å². The molecular weight excluding hydrogens is 471 g/mol. The highest BCUT2D eigenvalue weighted by Gasteiger charge is 2.48. The fourth-order valence-corrected chi connectivity index (χ4v) is 4.75. The van der Waals surface area contributed by atoms with E-state index in [-0.39, 0.29) is 13.0 Å². The van der Waals surface area contributed by atoms with Crippen LogP contribution >= 0.6 is 23.2 Å². The summed E-state index contributed by atoms with van der Waals surface area (Å²) in [7, 11) is 0. The van der Waals surface area contributed by atoms with Gasteiger partial charge in [-0.3, -0.25) is 19.2 Å². The topological polar surface area (TPSA) is 128 Å². The van der Waals surface area contributed by atoms with Crippen molar-refractivity contribution in [2.24, 2.45) is 0 Å². The number of aliphatic hydroxyl groups is 1. The van der Waals surface area contributed by atoms with E-state index in [0.717, 1.165) is 0 Å². The number of hydrogen-bond acceptors (Lipinski definition) is 5. The monoisotopic (exact) mass is 498 g/mol. The number of carbonyl (C=O) groups is 4. The first kappa shape index (κ1) is 25.3. The van der Waals surface area contributed by atoms with Crippen LogP contribution in [0.1, 0.15) is 37.8 Å². The highest BCUT2D eigenvalue weighted by molar-refractivity contribution is 6.32. The van der Waals surface area contributed by atoms with Crippen molar-refractivity contribution in [3.63, 3.8) is 0 Å². The summed E-state index contributed by atoms with van der Waals surface area (Å²) >= 11 is 12.6. The maximum Gasteiger partial charge on any atom is 0.245 e. The van der Waals surface area contributed by atoms with Gasteiger partial charge in [-0.2, -0.15) is 0 Å². The minimum atomic E-state index is -1.30. The zero-order valence-corrected chi connectivity index (χ0v) is 19.7. The molecule has 3 rings (SSSR count). The predicted octanol–water partition coefficient (Wildman–Crippen LogP) is 0.435. The zero-order valence-electron chi connectivity index (χ0n) is 18.2. The summed E-state index contributed by atoms with van der Waals surface area (Å²) in [4.78, 5) is 53.5. The van der Waals surface area contributed by atoms with Crippen LogP contribution in [0.15, 0.2) is 30.3 Å². The number of rotatable bonds is 4. The Hall–Kier alpha value is -2.36. The molecule has 33 heavy (non-hydrogen) atoms. The van der Waals surface area contributed by atoms with Crippen molar-refractivity contribution in [1.82, 2.24) is 20.9 Å². The molecule has 2 saturated heterocycles. The van der Waals surface area contributed by atoms with Crippen molar-refractivity contribution in [2.75, 3.05) is 13.2 Å². The molecule has 9 nitrogen and oxygen atoms in total. The Morgan fingerprint density at radius 3 is 2.33 bits per heavy atom. The first-order chi connectivity index (χ1) is 15.8. The molecule has 0 unspecified atom stereocenters. The quantitative estimate of drug-likeness (QED) is 0.447. The van der Waals surface area contributed by atoms with Crippen molar-refractivity contribution in [3.8, 4) is 0 Å². The molecule has 1 aromatic carbocycles. The van der Waals surface area contributed by atoms with E-state index in [4.69, 9.17) is 23.2 Å². The third-order valence-electron chi connectivity index (χ3n) is 5.84. The van der Waals surface area contributed by atoms with Crippen LogP contribution < -0.4 is 16.0 Å². The summed E-state index contributed by atoms with van der Waals surface area (Å²) < 4.78 is 0. The second-order valence-corrected chi connectivity index (χ2v) is 9.29. The van der Waals surface area contributed by atoms with Crippen LogP contribution in [-0.2, 0) is 19.2 Å². The summed E-state index contributed by atoms with van der Waals surface area (Å²) in [6.45, 7) is 1.22. The Labute approximate surface area is 202 Å². The van der Waals surface area contributed by atoms with Gasteiger partial charge in [0.25, 0.3) is 0 Å². The number of nitrogens with zero attached hydrogens (tertiary/aromatic N) is 1. The lowest BCUT2D eigenvalue weighted by Crippen LogP contribution is -2.58. The molecule has 2 fully saturated rings. The van der Waals surface area contributed by atoms with Crippen molar-refractivity contribution in [2.45, 2.75) is 61.1 Å². The molecule has 0 aliphatic carbocycles. The molecule has 2 heterocycles. The first-order valence-electron chi connectivity index (χ1n) is 10.9. The molecule has 2 aliphatic rings. The first-order valence-corrected chi connectivity index (χ1v) is 11.8. The molecule has 0 bridgehead atoms. The van der Waals surface area contributed by atoms with Crippen molar-refractivity contribution >= 4 is 46.8 Å². The average molecular weight is 499 g/mol. The summed E-state index contributed by atoms with van der Waals surface area (Å²) in [5.41, 5.74) is 0.670. The van der Waals surface area contributed by atoms with Gasteiger partial charge in [-0.15, -0.1) is 23.2 Å². The number of halogens is 2. The molecule has 0 saturated carbocycles. The molecule has 4 amide bonds. The van der Waals surface area contributed by atoms with Crippen molar-refractivity contribution in [1.29, 1.82) is 0 Å². The predicted molar refractivity (Wildman–Crippen MR) is 123 cm³/mol. The van der Waals surface area contributed by atoms with Gasteiger partial charge in [-0.25, -0.2) is 0 Å². The van der Waals surface area contributed by atoms with E-state index in [1.54, 1.807) is 30.3 Å². The number of carbonyl (C=O) groups excluding carboxylic acids is 4. The number of alkyl halides is 2. The second-order valence-electron chi connectivity index (χ2n) is 8.22. The molecular formula is C22H28Cl2N4O5. The van der Waals surface area contributed by atoms with Gasteiger partial charge in [0.05, 0.1) is 29.8 Å². The second kappa shape index (κ2) is 11.2. The fourth-order valence-electron chi connectivity index (χ4n) is 4.13. The Bertz CT molecular complexity index is 887. The number of nitrogens with one attached hydrogen (secondary N) is 3. The van der Waals surface area contributed by atoms with Crippen LogP contribution in [0.3, 0.4) is 0 Å². The van der Waals surface area contributed by atoms with Gasteiger partial charge in [0.1, 0.15) is 18.1 Å². The van der Waals surface area contributed by atoms with Gasteiger partial charge in [0, 0.05) is 6.54 Å². The smallest absolute Gasteiger partial charge is 0.245 e. The molecule has 0 spiro atoms. The van der Waals surface area contributed by atoms with E-state index in [1.807, 2.05) is 6.92 Å². The molecule has 11 heteroatoms. The SMILES string of the molecule is CCC[C@@H]1NC(=O)C[C@H](c2ccccc2)NC(=O)[C@H](CO)NC(=O)[C@@H]2[C@H](Cl)[C@H](Cl)CN2C1=O. The maximum atomic E-state index is 13.3. The highest BCUT2D eigenvalue weighted by Crippen LogP contribution is 2.29. The number of amides is 4. The fraction of sp³-hybridized carbons (Fsp3) is 0.545. The Kier molecular flexibility index (Phi) is 8.56. The van der Waals surface area contributed by atoms with Crippen molar-refractivity contribution in [3.05, 3.63) is 35.9 Å². The van der Waals surface area contributed by atoms with E-state index in [9.17, 15) is 24.3 Å². The van der Waals surface area contributed by atoms with Crippen LogP contribution in [-0.4, -0.2) is 75.7 Å². The van der Waals surface area contributed by atoms with Gasteiger partial charge < -0.3 is 26.0 Å². The van der Waals surface area contributed by atoms with Gasteiger partial charge in [0.2, 0.25) is 23.6 Å². The van der Waals surface area contributed by atoms with E-state index >= 15 is 0 Å². The Morgan fingerprint density at radius 2 is 1.70 bits per heavy atom. The normalized spacial score (nSPS) is 31.5. The number of benzene rings is 1. The number of hydrogen-bond donors (Lipinski definition) is 4. The average Bonchev–Trinajstić information content (AvgIpc) is 3.10. The molecule has 1 aromatic rings.